The zero-order chi connectivity index (χ0) is 26.0. The van der Waals surface area contributed by atoms with Crippen LogP contribution in [0.2, 0.25) is 4.82 Å². The van der Waals surface area contributed by atoms with Crippen LogP contribution in [-0.4, -0.2) is 69.5 Å². The van der Waals surface area contributed by atoms with Crippen LogP contribution in [0.3, 0.4) is 0 Å². The van der Waals surface area contributed by atoms with Crippen molar-refractivity contribution in [2.24, 2.45) is 5.92 Å². The summed E-state index contributed by atoms with van der Waals surface area (Å²) in [6, 6.07) is 29.0. The molecule has 0 aromatic heterocycles. The van der Waals surface area contributed by atoms with Crippen LogP contribution >= 0.6 is 0 Å². The van der Waals surface area contributed by atoms with Gasteiger partial charge in [-0.2, -0.15) is 0 Å². The van der Waals surface area contributed by atoms with Gasteiger partial charge < -0.3 is 0 Å². The molecule has 0 saturated carbocycles. The molecule has 1 saturated heterocycles. The van der Waals surface area contributed by atoms with Gasteiger partial charge in [0.2, 0.25) is 0 Å². The van der Waals surface area contributed by atoms with Gasteiger partial charge in [-0.05, 0) is 0 Å². The average molecular weight is 572 g/mol. The molecule has 2 N–H and O–H groups in total. The Bertz CT molecular complexity index is 1080. The number of hydrogen-bond acceptors (Lipinski definition) is 6. The molecular weight excluding hydrogens is 539 g/mol. The molecule has 1 fully saturated rings. The van der Waals surface area contributed by atoms with Crippen molar-refractivity contribution in [3.05, 3.63) is 102 Å². The van der Waals surface area contributed by atoms with Crippen LogP contribution in [-0.2, 0) is 37.0 Å². The van der Waals surface area contributed by atoms with Crippen LogP contribution in [0.15, 0.2) is 91.0 Å². The van der Waals surface area contributed by atoms with Crippen LogP contribution in [0.25, 0.3) is 0 Å². The van der Waals surface area contributed by atoms with Crippen molar-refractivity contribution in [3.63, 3.8) is 0 Å². The zero-order valence-corrected chi connectivity index (χ0v) is 22.3. The van der Waals surface area contributed by atoms with Crippen molar-refractivity contribution >= 4 is 25.4 Å². The Morgan fingerprint density at radius 3 is 2.05 bits per heavy atom. The number of ether oxygens (including phenoxy) is 4. The Labute approximate surface area is 223 Å². The second kappa shape index (κ2) is 13.8. The third-order valence-corrected chi connectivity index (χ3v) is 9.00. The molecule has 0 bridgehead atoms. The molecule has 3 aromatic carbocycles. The second-order valence-electron chi connectivity index (χ2n) is 8.80. The number of carbonyl (C=O) groups is 1. The van der Waals surface area contributed by atoms with E-state index >= 15 is 0 Å². The Morgan fingerprint density at radius 1 is 0.919 bits per heavy atom. The monoisotopic (exact) mass is 572 g/mol. The van der Waals surface area contributed by atoms with Crippen molar-refractivity contribution in [3.8, 4) is 0 Å². The van der Waals surface area contributed by atoms with E-state index in [4.69, 9.17) is 18.9 Å². The molecular formula is C29H32O7Se. The third-order valence-electron chi connectivity index (χ3n) is 6.24. The van der Waals surface area contributed by atoms with E-state index < -0.39 is 56.3 Å². The van der Waals surface area contributed by atoms with Crippen LogP contribution in [0, 0.1) is 5.92 Å². The van der Waals surface area contributed by atoms with E-state index in [-0.39, 0.29) is 6.61 Å². The van der Waals surface area contributed by atoms with E-state index in [1.165, 1.54) is 7.11 Å². The van der Waals surface area contributed by atoms with Gasteiger partial charge in [-0.15, -0.1) is 0 Å². The van der Waals surface area contributed by atoms with Crippen molar-refractivity contribution in [1.82, 2.24) is 0 Å². The number of methoxy groups -OCH3 is 1. The molecule has 6 atom stereocenters. The molecule has 0 aliphatic carbocycles. The molecule has 37 heavy (non-hydrogen) atoms. The minimum absolute atomic E-state index is 0.163. The predicted molar refractivity (Wildman–Crippen MR) is 139 cm³/mol. The van der Waals surface area contributed by atoms with Crippen molar-refractivity contribution in [2.45, 2.75) is 42.6 Å². The number of hydrogen-bond donors (Lipinski definition) is 2. The Kier molecular flexibility index (Phi) is 10.3. The van der Waals surface area contributed by atoms with Crippen LogP contribution < -0.4 is 4.46 Å². The predicted octanol–water partition coefficient (Wildman–Crippen LogP) is 3.04. The molecule has 0 unspecified atom stereocenters. The summed E-state index contributed by atoms with van der Waals surface area (Å²) in [4.78, 5) is 11.7. The van der Waals surface area contributed by atoms with Gasteiger partial charge >= 0.3 is 224 Å². The standard InChI is InChI=1S/C29H32O7Se/c1-33-29-25(30)24(27(28(31)32)37-22-15-9-4-10-16-22)26(36-29)23(35-18-21-13-7-3-8-14-21)19-34-17-20-11-5-2-6-12-20/h2-16,23-27,29-30H,17-19H2,1H3,(H,31,32)/t23-,24-,25-,26-,27-,29-/m1/s1. The molecule has 0 spiro atoms. The molecule has 1 aliphatic heterocycles. The number of aliphatic hydroxyl groups excluding tert-OH is 1. The first-order valence-electron chi connectivity index (χ1n) is 12.1. The summed E-state index contributed by atoms with van der Waals surface area (Å²) in [6.45, 7) is 0.828. The van der Waals surface area contributed by atoms with Gasteiger partial charge in [-0.25, -0.2) is 0 Å². The van der Waals surface area contributed by atoms with Gasteiger partial charge in [-0.3, -0.25) is 0 Å². The summed E-state index contributed by atoms with van der Waals surface area (Å²) < 4.78 is 24.8. The van der Waals surface area contributed by atoms with Crippen LogP contribution in [0.4, 0.5) is 0 Å². The fourth-order valence-electron chi connectivity index (χ4n) is 4.41. The first kappa shape index (κ1) is 27.5. The van der Waals surface area contributed by atoms with Gasteiger partial charge in [0.25, 0.3) is 0 Å². The van der Waals surface area contributed by atoms with Crippen molar-refractivity contribution in [2.75, 3.05) is 13.7 Å². The maximum absolute atomic E-state index is 12.5. The molecule has 0 radical (unpaired) electrons. The first-order valence-corrected chi connectivity index (χ1v) is 14.0. The molecule has 3 aromatic rings. The first-order chi connectivity index (χ1) is 18.1. The SMILES string of the molecule is CO[C@@H]1O[C@H]([C@@H](COCc2ccccc2)OCc2ccccc2)[C@H]([C@@H]([Se]c2ccccc2)C(=O)O)[C@H]1O. The van der Waals surface area contributed by atoms with E-state index in [1.807, 2.05) is 91.0 Å². The summed E-state index contributed by atoms with van der Waals surface area (Å²) in [5.74, 6) is -1.73. The van der Waals surface area contributed by atoms with Gasteiger partial charge in [-0.1, -0.05) is 0 Å². The van der Waals surface area contributed by atoms with E-state index in [1.54, 1.807) is 0 Å². The summed E-state index contributed by atoms with van der Waals surface area (Å²) in [6.07, 6.45) is -3.46. The number of benzene rings is 3. The molecule has 4 rings (SSSR count). The molecule has 7 nitrogen and oxygen atoms in total. The number of aliphatic carboxylic acids is 1. The Morgan fingerprint density at radius 2 is 1.49 bits per heavy atom. The quantitative estimate of drug-likeness (QED) is 0.305. The number of carboxylic acids is 1. The number of rotatable bonds is 13. The molecule has 1 heterocycles. The maximum atomic E-state index is 12.5. The second-order valence-corrected chi connectivity index (χ2v) is 11.3. The zero-order valence-electron chi connectivity index (χ0n) is 20.6. The van der Waals surface area contributed by atoms with E-state index in [0.29, 0.717) is 13.2 Å². The average Bonchev–Trinajstić information content (AvgIpc) is 3.26. The summed E-state index contributed by atoms with van der Waals surface area (Å²) in [7, 11) is 1.44. The Hall–Kier alpha value is -2.55. The van der Waals surface area contributed by atoms with Crippen molar-refractivity contribution < 1.29 is 34.0 Å². The summed E-state index contributed by atoms with van der Waals surface area (Å²) in [5.41, 5.74) is 1.98. The summed E-state index contributed by atoms with van der Waals surface area (Å²) in [5, 5.41) is 21.4. The molecule has 0 amide bonds. The van der Waals surface area contributed by atoms with E-state index in [9.17, 15) is 15.0 Å². The van der Waals surface area contributed by atoms with Gasteiger partial charge in [0.15, 0.2) is 0 Å². The fraction of sp³-hybridized carbons (Fsp3) is 0.345. The van der Waals surface area contributed by atoms with E-state index in [0.717, 1.165) is 15.6 Å². The molecule has 8 heteroatoms. The topological polar surface area (TPSA) is 94.5 Å². The fourth-order valence-corrected chi connectivity index (χ4v) is 6.88. The Balaban J connectivity index is 1.57. The normalized spacial score (nSPS) is 23.0. The third kappa shape index (κ3) is 7.49. The van der Waals surface area contributed by atoms with E-state index in [2.05, 4.69) is 0 Å². The van der Waals surface area contributed by atoms with Crippen molar-refractivity contribution in [1.29, 1.82) is 0 Å². The number of aliphatic hydroxyl groups is 1. The van der Waals surface area contributed by atoms with Crippen LogP contribution in [0.5, 0.6) is 0 Å². The molecule has 196 valence electrons. The van der Waals surface area contributed by atoms with Gasteiger partial charge in [0, 0.05) is 0 Å². The molecule has 1 aliphatic rings. The minimum atomic E-state index is -1.13. The van der Waals surface area contributed by atoms with Gasteiger partial charge in [0.1, 0.15) is 0 Å². The van der Waals surface area contributed by atoms with Gasteiger partial charge in [0.05, 0.1) is 0 Å². The van der Waals surface area contributed by atoms with Crippen LogP contribution in [0.1, 0.15) is 11.1 Å². The summed E-state index contributed by atoms with van der Waals surface area (Å²) >= 11 is -0.460. The number of carboxylic acid groups (broad SMARTS) is 1.